The Balaban J connectivity index is 1.90. The number of ketones is 1. The number of hydrogen-bond acceptors (Lipinski definition) is 4. The lowest BCUT2D eigenvalue weighted by Crippen LogP contribution is -2.67. The number of fused-ring (bicyclic) bond motifs is 3. The van der Waals surface area contributed by atoms with E-state index in [1.54, 1.807) is 0 Å². The van der Waals surface area contributed by atoms with Gasteiger partial charge in [0.1, 0.15) is 0 Å². The Hall–Kier alpha value is -0.710. The van der Waals surface area contributed by atoms with E-state index in [0.717, 1.165) is 25.7 Å². The molecule has 0 unspecified atom stereocenters. The molecule has 0 aromatic carbocycles. The molecular formula is C20H30O4. The Morgan fingerprint density at radius 2 is 1.92 bits per heavy atom. The number of Topliss-reactive ketones (excluding diaryl/α,β-unsaturated/α-hetero) is 1. The van der Waals surface area contributed by atoms with Crippen LogP contribution < -0.4 is 0 Å². The summed E-state index contributed by atoms with van der Waals surface area (Å²) in [6.45, 7) is 8.44. The minimum atomic E-state index is -0.925. The molecule has 4 aliphatic rings. The molecule has 0 heterocycles. The second-order valence-corrected chi connectivity index (χ2v) is 9.55. The molecule has 4 fully saturated rings. The topological polar surface area (TPSA) is 77.8 Å². The fourth-order valence-electron chi connectivity index (χ4n) is 7.52. The van der Waals surface area contributed by atoms with Crippen molar-refractivity contribution >= 4 is 5.78 Å². The largest absolute Gasteiger partial charge is 0.396 e. The maximum absolute atomic E-state index is 13.1. The highest BCUT2D eigenvalue weighted by Gasteiger charge is 2.73. The number of aliphatic hydroxyl groups excluding tert-OH is 3. The number of rotatable bonds is 1. The number of carbonyl (C=O) groups excluding carboxylic acids is 1. The predicted octanol–water partition coefficient (Wildman–Crippen LogP) is 2.07. The maximum Gasteiger partial charge on any atom is 0.167 e. The zero-order chi connectivity index (χ0) is 17.5. The van der Waals surface area contributed by atoms with Gasteiger partial charge < -0.3 is 15.3 Å². The first-order valence-corrected chi connectivity index (χ1v) is 9.43. The van der Waals surface area contributed by atoms with Crippen LogP contribution in [0.2, 0.25) is 0 Å². The summed E-state index contributed by atoms with van der Waals surface area (Å²) in [7, 11) is 0. The molecule has 3 N–H and O–H groups in total. The first-order valence-electron chi connectivity index (χ1n) is 9.43. The molecule has 0 amide bonds. The van der Waals surface area contributed by atoms with Gasteiger partial charge in [-0.25, -0.2) is 0 Å². The summed E-state index contributed by atoms with van der Waals surface area (Å²) in [4.78, 5) is 13.1. The Labute approximate surface area is 144 Å². The first kappa shape index (κ1) is 16.7. The van der Waals surface area contributed by atoms with E-state index < -0.39 is 23.0 Å². The average molecular weight is 334 g/mol. The van der Waals surface area contributed by atoms with E-state index >= 15 is 0 Å². The molecule has 0 aromatic rings. The third-order valence-corrected chi connectivity index (χ3v) is 8.37. The van der Waals surface area contributed by atoms with Crippen LogP contribution in [0.1, 0.15) is 52.4 Å². The van der Waals surface area contributed by atoms with E-state index in [1.807, 2.05) is 0 Å². The number of aliphatic hydroxyl groups is 3. The van der Waals surface area contributed by atoms with Crippen LogP contribution in [0.5, 0.6) is 0 Å². The van der Waals surface area contributed by atoms with Gasteiger partial charge in [0.15, 0.2) is 5.78 Å². The van der Waals surface area contributed by atoms with E-state index in [2.05, 4.69) is 20.4 Å². The molecule has 4 saturated carbocycles. The standard InChI is InChI=1S/C20H30O4/c1-11-12-9-13(22)15-19(10-21)7-4-6-18(2,3)14(19)5-8-20(15,16(11)23)17(12)24/h12-15,17,21-22,24H,1,4-10H2,2-3H3/t12-,13-,14+,15-,17+,19-,20+/m0/s1. The van der Waals surface area contributed by atoms with Gasteiger partial charge in [-0.05, 0) is 49.0 Å². The van der Waals surface area contributed by atoms with E-state index in [4.69, 9.17) is 0 Å². The zero-order valence-corrected chi connectivity index (χ0v) is 14.8. The second kappa shape index (κ2) is 4.93. The van der Waals surface area contributed by atoms with E-state index in [1.165, 1.54) is 0 Å². The monoisotopic (exact) mass is 334 g/mol. The molecule has 0 aromatic heterocycles. The fraction of sp³-hybridized carbons (Fsp3) is 0.850. The van der Waals surface area contributed by atoms with Gasteiger partial charge in [-0.3, -0.25) is 4.79 Å². The molecule has 0 aliphatic heterocycles. The summed E-state index contributed by atoms with van der Waals surface area (Å²) >= 11 is 0. The minimum Gasteiger partial charge on any atom is -0.396 e. The van der Waals surface area contributed by atoms with Crippen LogP contribution in [0.15, 0.2) is 12.2 Å². The van der Waals surface area contributed by atoms with Crippen molar-refractivity contribution < 1.29 is 20.1 Å². The van der Waals surface area contributed by atoms with Gasteiger partial charge in [0.2, 0.25) is 0 Å². The SMILES string of the molecule is C=C1C(=O)[C@@]23CC[C@@H]4C(C)(C)CCC[C@@]4(CO)[C@@H]2[C@@H](O)C[C@@H]1[C@H]3O. The van der Waals surface area contributed by atoms with Gasteiger partial charge in [0.25, 0.3) is 0 Å². The van der Waals surface area contributed by atoms with Crippen molar-refractivity contribution in [1.82, 2.24) is 0 Å². The number of carbonyl (C=O) groups is 1. The van der Waals surface area contributed by atoms with Crippen LogP contribution >= 0.6 is 0 Å². The van der Waals surface area contributed by atoms with Gasteiger partial charge in [-0.15, -0.1) is 0 Å². The molecule has 0 radical (unpaired) electrons. The molecule has 0 saturated heterocycles. The number of hydrogen-bond donors (Lipinski definition) is 3. The molecule has 2 bridgehead atoms. The highest BCUT2D eigenvalue weighted by Crippen LogP contribution is 2.70. The third kappa shape index (κ3) is 1.68. The molecule has 4 aliphatic carbocycles. The first-order chi connectivity index (χ1) is 11.2. The van der Waals surface area contributed by atoms with Gasteiger partial charge in [-0.1, -0.05) is 26.8 Å². The van der Waals surface area contributed by atoms with Crippen LogP contribution in [0.4, 0.5) is 0 Å². The molecule has 4 rings (SSSR count). The molecule has 1 spiro atoms. The van der Waals surface area contributed by atoms with Crippen molar-refractivity contribution in [1.29, 1.82) is 0 Å². The van der Waals surface area contributed by atoms with Crippen molar-refractivity contribution in [3.63, 3.8) is 0 Å². The minimum absolute atomic E-state index is 0.0122. The summed E-state index contributed by atoms with van der Waals surface area (Å²) in [6.07, 6.45) is 3.38. The van der Waals surface area contributed by atoms with Crippen molar-refractivity contribution in [2.75, 3.05) is 6.61 Å². The Morgan fingerprint density at radius 3 is 2.58 bits per heavy atom. The summed E-state index contributed by atoms with van der Waals surface area (Å²) in [6, 6.07) is 0. The Bertz CT molecular complexity index is 596. The third-order valence-electron chi connectivity index (χ3n) is 8.37. The highest BCUT2D eigenvalue weighted by atomic mass is 16.3. The van der Waals surface area contributed by atoms with E-state index in [-0.39, 0.29) is 35.6 Å². The van der Waals surface area contributed by atoms with Crippen molar-refractivity contribution in [3.05, 3.63) is 12.2 Å². The lowest BCUT2D eigenvalue weighted by Gasteiger charge is -2.65. The van der Waals surface area contributed by atoms with Crippen LogP contribution in [0.3, 0.4) is 0 Å². The lowest BCUT2D eigenvalue weighted by molar-refractivity contribution is -0.231. The van der Waals surface area contributed by atoms with Crippen LogP contribution in [0.25, 0.3) is 0 Å². The molecule has 4 heteroatoms. The fourth-order valence-corrected chi connectivity index (χ4v) is 7.52. The normalized spacial score (nSPS) is 52.8. The summed E-state index contributed by atoms with van der Waals surface area (Å²) in [5.41, 5.74) is -0.814. The van der Waals surface area contributed by atoms with Gasteiger partial charge in [-0.2, -0.15) is 0 Å². The zero-order valence-electron chi connectivity index (χ0n) is 14.8. The Morgan fingerprint density at radius 1 is 1.21 bits per heavy atom. The average Bonchev–Trinajstić information content (AvgIpc) is 2.65. The maximum atomic E-state index is 13.1. The van der Waals surface area contributed by atoms with E-state index in [0.29, 0.717) is 18.4 Å². The summed E-state index contributed by atoms with van der Waals surface area (Å²) in [5.74, 6) is -0.436. The van der Waals surface area contributed by atoms with Crippen LogP contribution in [-0.2, 0) is 4.79 Å². The van der Waals surface area contributed by atoms with Crippen molar-refractivity contribution in [3.8, 4) is 0 Å². The molecular weight excluding hydrogens is 304 g/mol. The van der Waals surface area contributed by atoms with Crippen LogP contribution in [0, 0.1) is 34.0 Å². The van der Waals surface area contributed by atoms with Gasteiger partial charge in [0.05, 0.1) is 17.6 Å². The highest BCUT2D eigenvalue weighted by molar-refractivity contribution is 6.04. The quantitative estimate of drug-likeness (QED) is 0.642. The summed E-state index contributed by atoms with van der Waals surface area (Å²) in [5, 5.41) is 32.5. The molecule has 24 heavy (non-hydrogen) atoms. The van der Waals surface area contributed by atoms with E-state index in [9.17, 15) is 20.1 Å². The molecule has 4 nitrogen and oxygen atoms in total. The molecule has 134 valence electrons. The van der Waals surface area contributed by atoms with Gasteiger partial charge >= 0.3 is 0 Å². The molecule has 7 atom stereocenters. The van der Waals surface area contributed by atoms with Gasteiger partial charge in [0, 0.05) is 23.9 Å². The Kier molecular flexibility index (Phi) is 3.44. The predicted molar refractivity (Wildman–Crippen MR) is 90.1 cm³/mol. The lowest BCUT2D eigenvalue weighted by atomic mass is 9.39. The van der Waals surface area contributed by atoms with Crippen LogP contribution in [-0.4, -0.2) is 39.9 Å². The second-order valence-electron chi connectivity index (χ2n) is 9.55. The van der Waals surface area contributed by atoms with Crippen molar-refractivity contribution in [2.45, 2.75) is 64.6 Å². The summed E-state index contributed by atoms with van der Waals surface area (Å²) < 4.78 is 0. The van der Waals surface area contributed by atoms with Crippen molar-refractivity contribution in [2.24, 2.45) is 34.0 Å². The smallest absolute Gasteiger partial charge is 0.167 e.